The van der Waals surface area contributed by atoms with Crippen LogP contribution in [0.1, 0.15) is 12.8 Å². The second-order valence-electron chi connectivity index (χ2n) is 5.16. The van der Waals surface area contributed by atoms with Gasteiger partial charge in [-0.25, -0.2) is 0 Å². The van der Waals surface area contributed by atoms with Crippen LogP contribution in [0.2, 0.25) is 0 Å². The van der Waals surface area contributed by atoms with E-state index in [1.165, 1.54) is 11.8 Å². The smallest absolute Gasteiger partial charge is 0.127 e. The quantitative estimate of drug-likeness (QED) is 0.848. The van der Waals surface area contributed by atoms with Crippen LogP contribution in [0.5, 0.6) is 5.75 Å². The number of piperidine rings is 1. The summed E-state index contributed by atoms with van der Waals surface area (Å²) >= 11 is 0. The highest BCUT2D eigenvalue weighted by Gasteiger charge is 2.12. The summed E-state index contributed by atoms with van der Waals surface area (Å²) in [6.45, 7) is 3.33. The standard InChI is InChI=1S/C17H21NO2/c1-2-8-16-14(5-1)6-3-9-17(16)20-12-11-19-15-7-4-10-18-13-15/h1-3,5-6,8-9,15,18H,4,7,10-13H2. The maximum absolute atomic E-state index is 5.86. The molecule has 0 aliphatic carbocycles. The van der Waals surface area contributed by atoms with Gasteiger partial charge in [-0.3, -0.25) is 0 Å². The van der Waals surface area contributed by atoms with Gasteiger partial charge in [-0.05, 0) is 30.8 Å². The summed E-state index contributed by atoms with van der Waals surface area (Å²) in [6.07, 6.45) is 2.70. The van der Waals surface area contributed by atoms with Gasteiger partial charge in [0.05, 0.1) is 12.7 Å². The molecule has 3 nitrogen and oxygen atoms in total. The van der Waals surface area contributed by atoms with Crippen molar-refractivity contribution in [1.29, 1.82) is 0 Å². The summed E-state index contributed by atoms with van der Waals surface area (Å²) in [6, 6.07) is 14.4. The normalized spacial score (nSPS) is 19.1. The van der Waals surface area contributed by atoms with Crippen molar-refractivity contribution in [3.63, 3.8) is 0 Å². The Balaban J connectivity index is 1.52. The predicted molar refractivity (Wildman–Crippen MR) is 81.3 cm³/mol. The summed E-state index contributed by atoms with van der Waals surface area (Å²) in [5, 5.41) is 5.72. The first-order valence-electron chi connectivity index (χ1n) is 7.36. The molecule has 2 aromatic carbocycles. The molecule has 3 rings (SSSR count). The van der Waals surface area contributed by atoms with Crippen LogP contribution in [0.3, 0.4) is 0 Å². The Morgan fingerprint density at radius 2 is 1.95 bits per heavy atom. The minimum atomic E-state index is 0.347. The topological polar surface area (TPSA) is 30.5 Å². The highest BCUT2D eigenvalue weighted by atomic mass is 16.5. The van der Waals surface area contributed by atoms with Gasteiger partial charge in [0, 0.05) is 11.9 Å². The van der Waals surface area contributed by atoms with Crippen molar-refractivity contribution in [2.45, 2.75) is 18.9 Å². The lowest BCUT2D eigenvalue weighted by molar-refractivity contribution is 0.0207. The van der Waals surface area contributed by atoms with Crippen molar-refractivity contribution >= 4 is 10.8 Å². The van der Waals surface area contributed by atoms with Gasteiger partial charge in [0.2, 0.25) is 0 Å². The average Bonchev–Trinajstić information content (AvgIpc) is 2.53. The first-order valence-corrected chi connectivity index (χ1v) is 7.36. The van der Waals surface area contributed by atoms with E-state index in [0.29, 0.717) is 19.3 Å². The van der Waals surface area contributed by atoms with E-state index in [1.807, 2.05) is 24.3 Å². The molecule has 20 heavy (non-hydrogen) atoms. The molecule has 106 valence electrons. The van der Waals surface area contributed by atoms with Crippen molar-refractivity contribution in [2.24, 2.45) is 0 Å². The molecular formula is C17H21NO2. The molecule has 3 heteroatoms. The number of rotatable bonds is 5. The number of hydrogen-bond donors (Lipinski definition) is 1. The van der Waals surface area contributed by atoms with Gasteiger partial charge in [0.15, 0.2) is 0 Å². The lowest BCUT2D eigenvalue weighted by atomic mass is 10.1. The summed E-state index contributed by atoms with van der Waals surface area (Å²) in [4.78, 5) is 0. The fourth-order valence-corrected chi connectivity index (χ4v) is 2.65. The van der Waals surface area contributed by atoms with Crippen molar-refractivity contribution in [3.8, 4) is 5.75 Å². The van der Waals surface area contributed by atoms with Crippen LogP contribution in [0.4, 0.5) is 0 Å². The number of benzene rings is 2. The SMILES string of the molecule is c1ccc2c(OCCOC3CCCNC3)cccc2c1. The van der Waals surface area contributed by atoms with E-state index in [1.54, 1.807) is 0 Å². The molecule has 0 radical (unpaired) electrons. The van der Waals surface area contributed by atoms with E-state index in [9.17, 15) is 0 Å². The van der Waals surface area contributed by atoms with Crippen molar-refractivity contribution < 1.29 is 9.47 Å². The van der Waals surface area contributed by atoms with Crippen LogP contribution >= 0.6 is 0 Å². The molecule has 0 amide bonds. The Morgan fingerprint density at radius 1 is 1.05 bits per heavy atom. The fourth-order valence-electron chi connectivity index (χ4n) is 2.65. The average molecular weight is 271 g/mol. The van der Waals surface area contributed by atoms with Crippen LogP contribution < -0.4 is 10.1 Å². The maximum atomic E-state index is 5.86. The van der Waals surface area contributed by atoms with Gasteiger partial charge in [-0.1, -0.05) is 36.4 Å². The highest BCUT2D eigenvalue weighted by Crippen LogP contribution is 2.24. The Labute approximate surface area is 119 Å². The molecule has 1 saturated heterocycles. The molecule has 1 fully saturated rings. The minimum absolute atomic E-state index is 0.347. The lowest BCUT2D eigenvalue weighted by Crippen LogP contribution is -2.36. The zero-order valence-corrected chi connectivity index (χ0v) is 11.7. The monoisotopic (exact) mass is 271 g/mol. The van der Waals surface area contributed by atoms with E-state index < -0.39 is 0 Å². The van der Waals surface area contributed by atoms with Crippen LogP contribution in [-0.4, -0.2) is 32.4 Å². The van der Waals surface area contributed by atoms with Gasteiger partial charge in [0.1, 0.15) is 12.4 Å². The molecule has 0 saturated carbocycles. The second-order valence-corrected chi connectivity index (χ2v) is 5.16. The molecule has 1 atom stereocenters. The number of fused-ring (bicyclic) bond motifs is 1. The van der Waals surface area contributed by atoms with Gasteiger partial charge >= 0.3 is 0 Å². The summed E-state index contributed by atoms with van der Waals surface area (Å²) in [5.74, 6) is 0.938. The zero-order valence-electron chi connectivity index (χ0n) is 11.7. The van der Waals surface area contributed by atoms with Gasteiger partial charge in [-0.2, -0.15) is 0 Å². The third-order valence-electron chi connectivity index (χ3n) is 3.70. The molecule has 1 heterocycles. The third kappa shape index (κ3) is 3.30. The Bertz CT molecular complexity index is 544. The lowest BCUT2D eigenvalue weighted by Gasteiger charge is -2.23. The van der Waals surface area contributed by atoms with Gasteiger partial charge in [0.25, 0.3) is 0 Å². The summed E-state index contributed by atoms with van der Waals surface area (Å²) < 4.78 is 11.7. The maximum Gasteiger partial charge on any atom is 0.127 e. The summed E-state index contributed by atoms with van der Waals surface area (Å²) in [5.41, 5.74) is 0. The molecular weight excluding hydrogens is 250 g/mol. The van der Waals surface area contributed by atoms with Crippen molar-refractivity contribution in [1.82, 2.24) is 5.32 Å². The molecule has 1 aliphatic heterocycles. The molecule has 2 aromatic rings. The minimum Gasteiger partial charge on any atom is -0.491 e. The Kier molecular flexibility index (Phi) is 4.51. The van der Waals surface area contributed by atoms with E-state index in [2.05, 4.69) is 23.5 Å². The Morgan fingerprint density at radius 3 is 2.85 bits per heavy atom. The second kappa shape index (κ2) is 6.73. The van der Waals surface area contributed by atoms with E-state index in [4.69, 9.17) is 9.47 Å². The molecule has 0 bridgehead atoms. The summed E-state index contributed by atoms with van der Waals surface area (Å²) in [7, 11) is 0. The number of hydrogen-bond acceptors (Lipinski definition) is 3. The van der Waals surface area contributed by atoms with Crippen LogP contribution in [0, 0.1) is 0 Å². The molecule has 1 N–H and O–H groups in total. The predicted octanol–water partition coefficient (Wildman–Crippen LogP) is 2.99. The number of nitrogens with one attached hydrogen (secondary N) is 1. The first kappa shape index (κ1) is 13.4. The largest absolute Gasteiger partial charge is 0.491 e. The van der Waals surface area contributed by atoms with Crippen molar-refractivity contribution in [3.05, 3.63) is 42.5 Å². The molecule has 1 aliphatic rings. The van der Waals surface area contributed by atoms with Crippen LogP contribution in [0.25, 0.3) is 10.8 Å². The van der Waals surface area contributed by atoms with Crippen molar-refractivity contribution in [2.75, 3.05) is 26.3 Å². The van der Waals surface area contributed by atoms with E-state index in [0.717, 1.165) is 30.6 Å². The highest BCUT2D eigenvalue weighted by molar-refractivity contribution is 5.88. The third-order valence-corrected chi connectivity index (χ3v) is 3.70. The Hall–Kier alpha value is -1.58. The van der Waals surface area contributed by atoms with E-state index in [-0.39, 0.29) is 0 Å². The fraction of sp³-hybridized carbons (Fsp3) is 0.412. The molecule has 0 spiro atoms. The number of ether oxygens (including phenoxy) is 2. The molecule has 1 unspecified atom stereocenters. The van der Waals surface area contributed by atoms with Gasteiger partial charge < -0.3 is 14.8 Å². The van der Waals surface area contributed by atoms with Crippen LogP contribution in [-0.2, 0) is 4.74 Å². The van der Waals surface area contributed by atoms with Crippen LogP contribution in [0.15, 0.2) is 42.5 Å². The molecule has 0 aromatic heterocycles. The van der Waals surface area contributed by atoms with E-state index >= 15 is 0 Å². The van der Waals surface area contributed by atoms with Gasteiger partial charge in [-0.15, -0.1) is 0 Å². The zero-order chi connectivity index (χ0) is 13.6. The first-order chi connectivity index (χ1) is 9.93.